The second-order valence-electron chi connectivity index (χ2n) is 5.68. The van der Waals surface area contributed by atoms with E-state index in [-0.39, 0.29) is 23.6 Å². The Hall–Kier alpha value is -1.50. The fourth-order valence-corrected chi connectivity index (χ4v) is 2.97. The van der Waals surface area contributed by atoms with Gasteiger partial charge in [0.05, 0.1) is 16.4 Å². The van der Waals surface area contributed by atoms with Crippen molar-refractivity contribution in [3.8, 4) is 5.75 Å². The van der Waals surface area contributed by atoms with E-state index in [4.69, 9.17) is 16.3 Å². The summed E-state index contributed by atoms with van der Waals surface area (Å²) in [5, 5.41) is 10.4. The van der Waals surface area contributed by atoms with Crippen LogP contribution in [-0.4, -0.2) is 18.8 Å². The molecule has 0 saturated heterocycles. The van der Waals surface area contributed by atoms with E-state index in [1.54, 1.807) is 0 Å². The zero-order valence-corrected chi connectivity index (χ0v) is 12.8. The number of rotatable bonds is 4. The van der Waals surface area contributed by atoms with Crippen molar-refractivity contribution in [1.29, 1.82) is 0 Å². The zero-order valence-electron chi connectivity index (χ0n) is 12.0. The minimum Gasteiger partial charge on any atom is -0.545 e. The fourth-order valence-electron chi connectivity index (χ4n) is 2.75. The minimum atomic E-state index is -4.44. The van der Waals surface area contributed by atoms with E-state index in [0.29, 0.717) is 18.9 Å². The molecule has 0 unspecified atom stereocenters. The topological polar surface area (TPSA) is 49.4 Å². The van der Waals surface area contributed by atoms with Crippen LogP contribution in [0.3, 0.4) is 0 Å². The lowest BCUT2D eigenvalue weighted by atomic mass is 9.74. The molecule has 128 valence electrons. The van der Waals surface area contributed by atoms with Crippen molar-refractivity contribution in [2.24, 2.45) is 5.41 Å². The molecule has 0 bridgehead atoms. The molecule has 23 heavy (non-hydrogen) atoms. The number of carbonyl (C=O) groups is 1. The van der Waals surface area contributed by atoms with Gasteiger partial charge in [-0.15, -0.1) is 0 Å². The summed E-state index contributed by atoms with van der Waals surface area (Å²) in [5.74, 6) is -3.26. The number of alkyl halides is 3. The summed E-state index contributed by atoms with van der Waals surface area (Å²) < 4.78 is 58.8. The van der Waals surface area contributed by atoms with Gasteiger partial charge in [0.15, 0.2) is 0 Å². The molecule has 0 radical (unpaired) electrons. The summed E-state index contributed by atoms with van der Waals surface area (Å²) >= 11 is 5.76. The van der Waals surface area contributed by atoms with Crippen molar-refractivity contribution in [3.05, 3.63) is 28.5 Å². The number of aromatic carboxylic acids is 1. The smallest absolute Gasteiger partial charge is 0.397 e. The SMILES string of the molecule is O=C([O-])c1cc(Cl)c(OCC2(C(F)(F)F)CCCCC2)cc1F. The van der Waals surface area contributed by atoms with Gasteiger partial charge in [-0.3, -0.25) is 0 Å². The highest BCUT2D eigenvalue weighted by molar-refractivity contribution is 6.32. The second-order valence-corrected chi connectivity index (χ2v) is 6.08. The van der Waals surface area contributed by atoms with Gasteiger partial charge in [-0.05, 0) is 18.9 Å². The summed E-state index contributed by atoms with van der Waals surface area (Å²) in [7, 11) is 0. The van der Waals surface area contributed by atoms with Crippen LogP contribution in [0.25, 0.3) is 0 Å². The third-order valence-corrected chi connectivity index (χ3v) is 4.45. The summed E-state index contributed by atoms with van der Waals surface area (Å²) in [5.41, 5.74) is -2.76. The molecule has 1 fully saturated rings. The molecule has 0 amide bonds. The van der Waals surface area contributed by atoms with E-state index < -0.39 is 35.5 Å². The standard InChI is InChI=1S/C15H15ClF4O3/c16-10-6-9(13(21)22)11(17)7-12(10)23-8-14(15(18,19)20)4-2-1-3-5-14/h6-7H,1-5,8H2,(H,21,22)/p-1. The lowest BCUT2D eigenvalue weighted by Crippen LogP contribution is -2.44. The van der Waals surface area contributed by atoms with Crippen LogP contribution in [0.2, 0.25) is 5.02 Å². The normalized spacial score (nSPS) is 17.8. The third kappa shape index (κ3) is 3.71. The van der Waals surface area contributed by atoms with Crippen LogP contribution in [0.4, 0.5) is 17.6 Å². The maximum Gasteiger partial charge on any atom is 0.397 e. The lowest BCUT2D eigenvalue weighted by molar-refractivity contribution is -0.255. The van der Waals surface area contributed by atoms with Crippen molar-refractivity contribution in [2.45, 2.75) is 38.3 Å². The number of hydrogen-bond donors (Lipinski definition) is 0. The molecule has 1 aromatic carbocycles. The van der Waals surface area contributed by atoms with Gasteiger partial charge in [0.1, 0.15) is 18.2 Å². The lowest BCUT2D eigenvalue weighted by Gasteiger charge is -2.38. The Morgan fingerprint density at radius 1 is 1.26 bits per heavy atom. The maximum atomic E-state index is 13.6. The van der Waals surface area contributed by atoms with Gasteiger partial charge < -0.3 is 14.6 Å². The van der Waals surface area contributed by atoms with Crippen LogP contribution < -0.4 is 9.84 Å². The molecule has 1 saturated carbocycles. The zero-order chi connectivity index (χ0) is 17.3. The average Bonchev–Trinajstić information content (AvgIpc) is 2.47. The molecule has 0 aliphatic heterocycles. The Balaban J connectivity index is 2.22. The molecular formula is C15H14ClF4O3-. The van der Waals surface area contributed by atoms with Gasteiger partial charge in [-0.25, -0.2) is 4.39 Å². The summed E-state index contributed by atoms with van der Waals surface area (Å²) in [6, 6.07) is 1.43. The largest absolute Gasteiger partial charge is 0.545 e. The van der Waals surface area contributed by atoms with E-state index >= 15 is 0 Å². The van der Waals surface area contributed by atoms with Crippen molar-refractivity contribution in [1.82, 2.24) is 0 Å². The Morgan fingerprint density at radius 2 is 1.87 bits per heavy atom. The molecule has 0 N–H and O–H groups in total. The van der Waals surface area contributed by atoms with E-state index in [2.05, 4.69) is 0 Å². The van der Waals surface area contributed by atoms with Crippen LogP contribution in [0, 0.1) is 11.2 Å². The summed E-state index contributed by atoms with van der Waals surface area (Å²) in [4.78, 5) is 10.7. The molecule has 1 aliphatic rings. The maximum absolute atomic E-state index is 13.6. The molecular weight excluding hydrogens is 340 g/mol. The van der Waals surface area contributed by atoms with Crippen LogP contribution in [0.15, 0.2) is 12.1 Å². The first-order valence-electron chi connectivity index (χ1n) is 7.06. The highest BCUT2D eigenvalue weighted by Gasteiger charge is 2.55. The number of carboxylic acid groups (broad SMARTS) is 1. The second kappa shape index (κ2) is 6.55. The number of carboxylic acids is 1. The van der Waals surface area contributed by atoms with Crippen LogP contribution in [0.5, 0.6) is 5.75 Å². The predicted octanol–water partition coefficient (Wildman–Crippen LogP) is 3.73. The molecule has 0 spiro atoms. The van der Waals surface area contributed by atoms with Gasteiger partial charge in [0.2, 0.25) is 0 Å². The Bertz CT molecular complexity index is 595. The number of carbonyl (C=O) groups excluding carboxylic acids is 1. The van der Waals surface area contributed by atoms with Crippen LogP contribution >= 0.6 is 11.6 Å². The van der Waals surface area contributed by atoms with E-state index in [1.807, 2.05) is 0 Å². The number of benzene rings is 1. The highest BCUT2D eigenvalue weighted by Crippen LogP contribution is 2.49. The molecule has 1 aromatic rings. The van der Waals surface area contributed by atoms with Crippen LogP contribution in [-0.2, 0) is 0 Å². The van der Waals surface area contributed by atoms with E-state index in [1.165, 1.54) is 0 Å². The summed E-state index contributed by atoms with van der Waals surface area (Å²) in [6.45, 7) is -0.680. The molecule has 3 nitrogen and oxygen atoms in total. The Kier molecular flexibility index (Phi) is 5.08. The van der Waals surface area contributed by atoms with Crippen molar-refractivity contribution < 1.29 is 32.2 Å². The number of hydrogen-bond acceptors (Lipinski definition) is 3. The first kappa shape index (κ1) is 17.8. The predicted molar refractivity (Wildman–Crippen MR) is 72.8 cm³/mol. The Morgan fingerprint density at radius 3 is 2.39 bits per heavy atom. The Labute approximate surface area is 135 Å². The van der Waals surface area contributed by atoms with Gasteiger partial charge in [-0.1, -0.05) is 30.9 Å². The molecule has 1 aliphatic carbocycles. The van der Waals surface area contributed by atoms with Crippen molar-refractivity contribution >= 4 is 17.6 Å². The quantitative estimate of drug-likeness (QED) is 0.775. The molecule has 0 atom stereocenters. The van der Waals surface area contributed by atoms with E-state index in [9.17, 15) is 27.5 Å². The van der Waals surface area contributed by atoms with Gasteiger partial charge in [-0.2, -0.15) is 13.2 Å². The van der Waals surface area contributed by atoms with Crippen LogP contribution in [0.1, 0.15) is 42.5 Å². The van der Waals surface area contributed by atoms with E-state index in [0.717, 1.165) is 12.5 Å². The van der Waals surface area contributed by atoms with Crippen molar-refractivity contribution in [3.63, 3.8) is 0 Å². The average molecular weight is 354 g/mol. The first-order valence-corrected chi connectivity index (χ1v) is 7.44. The number of halogens is 5. The molecule has 0 aromatic heterocycles. The summed E-state index contributed by atoms with van der Waals surface area (Å²) in [6.07, 6.45) is -2.96. The monoisotopic (exact) mass is 353 g/mol. The fraction of sp³-hybridized carbons (Fsp3) is 0.533. The minimum absolute atomic E-state index is 0.0618. The molecule has 0 heterocycles. The first-order chi connectivity index (χ1) is 10.7. The van der Waals surface area contributed by atoms with Gasteiger partial charge >= 0.3 is 6.18 Å². The van der Waals surface area contributed by atoms with Gasteiger partial charge in [0, 0.05) is 11.6 Å². The molecule has 8 heteroatoms. The third-order valence-electron chi connectivity index (χ3n) is 4.16. The van der Waals surface area contributed by atoms with Gasteiger partial charge in [0.25, 0.3) is 0 Å². The highest BCUT2D eigenvalue weighted by atomic mass is 35.5. The number of ether oxygens (including phenoxy) is 1. The van der Waals surface area contributed by atoms with Crippen molar-refractivity contribution in [2.75, 3.05) is 6.61 Å². The molecule has 2 rings (SSSR count).